The Kier molecular flexibility index (Phi) is 3.45. The lowest BCUT2D eigenvalue weighted by Crippen LogP contribution is -2.17. The van der Waals surface area contributed by atoms with Crippen LogP contribution < -0.4 is 14.8 Å². The van der Waals surface area contributed by atoms with E-state index in [0.29, 0.717) is 6.79 Å². The number of hydrogen-bond acceptors (Lipinski definition) is 3. The molecule has 0 amide bonds. The number of hydrogen-bond donors (Lipinski definition) is 1. The first-order valence-corrected chi connectivity index (χ1v) is 5.49. The molecule has 1 aliphatic rings. The molecule has 2 rings (SSSR count). The smallest absolute Gasteiger partial charge is 0.231 e. The van der Waals surface area contributed by atoms with Crippen LogP contribution in [-0.2, 0) is 6.42 Å². The Morgan fingerprint density at radius 2 is 2.13 bits per heavy atom. The van der Waals surface area contributed by atoms with Gasteiger partial charge in [-0.25, -0.2) is 0 Å². The highest BCUT2D eigenvalue weighted by Crippen LogP contribution is 2.32. The molecule has 0 spiro atoms. The number of ether oxygens (including phenoxy) is 2. The van der Waals surface area contributed by atoms with E-state index in [1.807, 2.05) is 6.07 Å². The second-order valence-corrected chi connectivity index (χ2v) is 3.69. The summed E-state index contributed by atoms with van der Waals surface area (Å²) in [7, 11) is 0. The van der Waals surface area contributed by atoms with Crippen molar-refractivity contribution in [2.75, 3.05) is 19.9 Å². The van der Waals surface area contributed by atoms with E-state index in [2.05, 4.69) is 24.4 Å². The van der Waals surface area contributed by atoms with Gasteiger partial charge in [0.15, 0.2) is 11.5 Å². The minimum atomic E-state index is 0. The number of benzene rings is 1. The van der Waals surface area contributed by atoms with Crippen LogP contribution in [0.25, 0.3) is 0 Å². The molecule has 0 radical (unpaired) electrons. The topological polar surface area (TPSA) is 30.5 Å². The van der Waals surface area contributed by atoms with Crippen LogP contribution >= 0.6 is 0 Å². The molecular weight excluding hydrogens is 190 g/mol. The molecule has 0 bridgehead atoms. The third-order valence-electron chi connectivity index (χ3n) is 2.45. The second-order valence-electron chi connectivity index (χ2n) is 3.69. The molecule has 1 aromatic rings. The van der Waals surface area contributed by atoms with Crippen LogP contribution in [0.4, 0.5) is 0 Å². The first kappa shape index (κ1) is 10.3. The van der Waals surface area contributed by atoms with Gasteiger partial charge in [-0.2, -0.15) is 0 Å². The summed E-state index contributed by atoms with van der Waals surface area (Å²) in [5.41, 5.74) is 1.29. The molecule has 1 aliphatic heterocycles. The fraction of sp³-hybridized carbons (Fsp3) is 0.500. The van der Waals surface area contributed by atoms with E-state index in [0.717, 1.165) is 31.0 Å². The van der Waals surface area contributed by atoms with Gasteiger partial charge in [-0.05, 0) is 43.6 Å². The Bertz CT molecular complexity index is 331. The van der Waals surface area contributed by atoms with Crippen LogP contribution in [0.3, 0.4) is 0 Å². The van der Waals surface area contributed by atoms with Crippen LogP contribution in [0.15, 0.2) is 18.2 Å². The molecule has 0 saturated carbocycles. The van der Waals surface area contributed by atoms with Crippen LogP contribution in [-0.4, -0.2) is 19.9 Å². The lowest BCUT2D eigenvalue weighted by Gasteiger charge is -2.04. The van der Waals surface area contributed by atoms with Crippen LogP contribution in [0, 0.1) is 0 Å². The van der Waals surface area contributed by atoms with Gasteiger partial charge in [-0.3, -0.25) is 0 Å². The quantitative estimate of drug-likeness (QED) is 0.754. The Balaban J connectivity index is 0.00000128. The Morgan fingerprint density at radius 1 is 1.27 bits per heavy atom. The summed E-state index contributed by atoms with van der Waals surface area (Å²) in [5.74, 6) is 1.74. The molecule has 0 aromatic heterocycles. The van der Waals surface area contributed by atoms with Crippen molar-refractivity contribution in [2.24, 2.45) is 0 Å². The summed E-state index contributed by atoms with van der Waals surface area (Å²) in [5, 5.41) is 3.38. The van der Waals surface area contributed by atoms with E-state index in [-0.39, 0.29) is 1.43 Å². The standard InChI is InChI=1S/C12H17NO2.H2/c1-2-6-13-7-5-10-3-4-11-12(8-10)15-9-14-11;/h3-4,8,13H,2,5-7,9H2,1H3;1H. The van der Waals surface area contributed by atoms with Gasteiger partial charge in [0.2, 0.25) is 6.79 Å². The van der Waals surface area contributed by atoms with Gasteiger partial charge in [-0.15, -0.1) is 0 Å². The first-order valence-electron chi connectivity index (χ1n) is 5.49. The minimum Gasteiger partial charge on any atom is -0.454 e. The number of nitrogens with one attached hydrogen (secondary N) is 1. The predicted molar refractivity (Wildman–Crippen MR) is 61.5 cm³/mol. The van der Waals surface area contributed by atoms with Crippen molar-refractivity contribution in [1.29, 1.82) is 0 Å². The largest absolute Gasteiger partial charge is 0.454 e. The van der Waals surface area contributed by atoms with Crippen molar-refractivity contribution in [2.45, 2.75) is 19.8 Å². The van der Waals surface area contributed by atoms with E-state index in [9.17, 15) is 0 Å². The van der Waals surface area contributed by atoms with Crippen molar-refractivity contribution in [1.82, 2.24) is 5.32 Å². The molecule has 1 N–H and O–H groups in total. The zero-order valence-electron chi connectivity index (χ0n) is 9.08. The van der Waals surface area contributed by atoms with Crippen molar-refractivity contribution in [3.63, 3.8) is 0 Å². The zero-order chi connectivity index (χ0) is 10.5. The predicted octanol–water partition coefficient (Wildman–Crippen LogP) is 2.20. The van der Waals surface area contributed by atoms with Crippen LogP contribution in [0.1, 0.15) is 20.3 Å². The first-order chi connectivity index (χ1) is 7.40. The molecule has 3 nitrogen and oxygen atoms in total. The molecule has 0 aliphatic carbocycles. The third-order valence-corrected chi connectivity index (χ3v) is 2.45. The van der Waals surface area contributed by atoms with Crippen molar-refractivity contribution in [3.8, 4) is 11.5 Å². The lowest BCUT2D eigenvalue weighted by molar-refractivity contribution is 0.174. The van der Waals surface area contributed by atoms with Gasteiger partial charge >= 0.3 is 0 Å². The van der Waals surface area contributed by atoms with Crippen molar-refractivity contribution in [3.05, 3.63) is 23.8 Å². The monoisotopic (exact) mass is 209 g/mol. The van der Waals surface area contributed by atoms with E-state index in [1.54, 1.807) is 0 Å². The van der Waals surface area contributed by atoms with E-state index in [4.69, 9.17) is 9.47 Å². The SMILES string of the molecule is CCCNCCc1ccc2c(c1)OCO2.[HH]. The molecule has 0 unspecified atom stereocenters. The molecular formula is C12H19NO2. The Morgan fingerprint density at radius 3 is 3.00 bits per heavy atom. The second kappa shape index (κ2) is 5.03. The fourth-order valence-corrected chi connectivity index (χ4v) is 1.63. The average Bonchev–Trinajstić information content (AvgIpc) is 2.71. The van der Waals surface area contributed by atoms with Crippen molar-refractivity contribution < 1.29 is 10.9 Å². The molecule has 1 aromatic carbocycles. The molecule has 0 atom stereocenters. The molecule has 0 saturated heterocycles. The molecule has 84 valence electrons. The highest BCUT2D eigenvalue weighted by atomic mass is 16.7. The minimum absolute atomic E-state index is 0. The van der Waals surface area contributed by atoms with Gasteiger partial charge in [0.05, 0.1) is 0 Å². The molecule has 0 fully saturated rings. The van der Waals surface area contributed by atoms with Gasteiger partial charge in [0.1, 0.15) is 0 Å². The van der Waals surface area contributed by atoms with Gasteiger partial charge in [-0.1, -0.05) is 13.0 Å². The third kappa shape index (κ3) is 2.63. The van der Waals surface area contributed by atoms with Crippen molar-refractivity contribution >= 4 is 0 Å². The van der Waals surface area contributed by atoms with Crippen LogP contribution in [0.2, 0.25) is 0 Å². The molecule has 15 heavy (non-hydrogen) atoms. The molecule has 3 heteroatoms. The highest BCUT2D eigenvalue weighted by molar-refractivity contribution is 5.44. The Hall–Kier alpha value is -1.22. The zero-order valence-corrected chi connectivity index (χ0v) is 9.08. The summed E-state index contributed by atoms with van der Waals surface area (Å²) in [6.07, 6.45) is 2.22. The fourth-order valence-electron chi connectivity index (χ4n) is 1.63. The van der Waals surface area contributed by atoms with Crippen LogP contribution in [0.5, 0.6) is 11.5 Å². The normalized spacial score (nSPS) is 13.1. The van der Waals surface area contributed by atoms with E-state index >= 15 is 0 Å². The number of fused-ring (bicyclic) bond motifs is 1. The summed E-state index contributed by atoms with van der Waals surface area (Å²) >= 11 is 0. The Labute approximate surface area is 91.9 Å². The highest BCUT2D eigenvalue weighted by Gasteiger charge is 2.12. The average molecular weight is 209 g/mol. The molecule has 1 heterocycles. The summed E-state index contributed by atoms with van der Waals surface area (Å²) in [4.78, 5) is 0. The maximum Gasteiger partial charge on any atom is 0.231 e. The maximum atomic E-state index is 5.32. The van der Waals surface area contributed by atoms with Gasteiger partial charge < -0.3 is 14.8 Å². The number of rotatable bonds is 5. The summed E-state index contributed by atoms with van der Waals surface area (Å²) in [6.45, 7) is 4.64. The van der Waals surface area contributed by atoms with E-state index in [1.165, 1.54) is 12.0 Å². The van der Waals surface area contributed by atoms with Gasteiger partial charge in [0, 0.05) is 1.43 Å². The summed E-state index contributed by atoms with van der Waals surface area (Å²) in [6, 6.07) is 6.15. The summed E-state index contributed by atoms with van der Waals surface area (Å²) < 4.78 is 10.6. The maximum absolute atomic E-state index is 5.32. The van der Waals surface area contributed by atoms with Gasteiger partial charge in [0.25, 0.3) is 0 Å². The lowest BCUT2D eigenvalue weighted by atomic mass is 10.1. The van der Waals surface area contributed by atoms with E-state index < -0.39 is 0 Å².